The zero-order valence-corrected chi connectivity index (χ0v) is 19.1. The molecule has 0 aromatic heterocycles. The fourth-order valence-corrected chi connectivity index (χ4v) is 2.42. The van der Waals surface area contributed by atoms with Crippen molar-refractivity contribution in [2.24, 2.45) is 10.7 Å². The van der Waals surface area contributed by atoms with E-state index < -0.39 is 5.91 Å². The standard InChI is InChI=1S/C20H26N4O4.HI/c1-4-27-17-9-8-15(11-18(17)26-3)24-20(22-2)23-12-14-6-5-7-16(10-14)28-13-19(21)25;/h5-11H,4,12-13H2,1-3H3,(H2,21,25)(H2,22,23,24);1H. The van der Waals surface area contributed by atoms with Crippen LogP contribution in [0.5, 0.6) is 17.2 Å². The lowest BCUT2D eigenvalue weighted by Crippen LogP contribution is -2.30. The number of halogens is 1. The molecule has 0 bridgehead atoms. The number of guanidine groups is 1. The molecule has 0 radical (unpaired) electrons. The van der Waals surface area contributed by atoms with Crippen LogP contribution >= 0.6 is 24.0 Å². The van der Waals surface area contributed by atoms with Crippen LogP contribution in [-0.4, -0.2) is 39.2 Å². The van der Waals surface area contributed by atoms with Crippen molar-refractivity contribution in [3.8, 4) is 17.2 Å². The molecule has 0 heterocycles. The Hall–Kier alpha value is -2.69. The number of primary amides is 1. The van der Waals surface area contributed by atoms with Crippen LogP contribution in [0.15, 0.2) is 47.5 Å². The summed E-state index contributed by atoms with van der Waals surface area (Å²) >= 11 is 0. The summed E-state index contributed by atoms with van der Waals surface area (Å²) in [4.78, 5) is 15.1. The predicted molar refractivity (Wildman–Crippen MR) is 125 cm³/mol. The van der Waals surface area contributed by atoms with Gasteiger partial charge in [-0.3, -0.25) is 9.79 Å². The molecule has 2 rings (SSSR count). The highest BCUT2D eigenvalue weighted by Crippen LogP contribution is 2.30. The average molecular weight is 514 g/mol. The van der Waals surface area contributed by atoms with E-state index in [0.29, 0.717) is 36.4 Å². The number of methoxy groups -OCH3 is 1. The van der Waals surface area contributed by atoms with Gasteiger partial charge >= 0.3 is 0 Å². The summed E-state index contributed by atoms with van der Waals surface area (Å²) in [5.41, 5.74) is 6.88. The van der Waals surface area contributed by atoms with Crippen molar-refractivity contribution < 1.29 is 19.0 Å². The van der Waals surface area contributed by atoms with Crippen molar-refractivity contribution in [1.29, 1.82) is 0 Å². The van der Waals surface area contributed by atoms with Crippen molar-refractivity contribution >= 4 is 41.5 Å². The Bertz CT molecular complexity index is 830. The second-order valence-electron chi connectivity index (χ2n) is 5.75. The van der Waals surface area contributed by atoms with E-state index in [9.17, 15) is 4.79 Å². The number of ether oxygens (including phenoxy) is 3. The van der Waals surface area contributed by atoms with Crippen LogP contribution in [0, 0.1) is 0 Å². The Morgan fingerprint density at radius 1 is 1.14 bits per heavy atom. The summed E-state index contributed by atoms with van der Waals surface area (Å²) in [7, 11) is 3.29. The van der Waals surface area contributed by atoms with Gasteiger partial charge in [-0.15, -0.1) is 24.0 Å². The summed E-state index contributed by atoms with van der Waals surface area (Å²) in [6.45, 7) is 2.85. The molecule has 0 aliphatic heterocycles. The van der Waals surface area contributed by atoms with Crippen molar-refractivity contribution in [3.05, 3.63) is 48.0 Å². The van der Waals surface area contributed by atoms with E-state index in [0.717, 1.165) is 11.3 Å². The van der Waals surface area contributed by atoms with Gasteiger partial charge in [-0.25, -0.2) is 0 Å². The highest BCUT2D eigenvalue weighted by Gasteiger charge is 2.07. The first kappa shape index (κ1) is 24.3. The summed E-state index contributed by atoms with van der Waals surface area (Å²) in [5, 5.41) is 6.43. The smallest absolute Gasteiger partial charge is 0.255 e. The Balaban J connectivity index is 0.00000420. The maximum absolute atomic E-state index is 10.8. The Morgan fingerprint density at radius 2 is 1.93 bits per heavy atom. The Kier molecular flexibility index (Phi) is 10.7. The Labute approximate surface area is 187 Å². The van der Waals surface area contributed by atoms with Crippen molar-refractivity contribution in [1.82, 2.24) is 5.32 Å². The summed E-state index contributed by atoms with van der Waals surface area (Å²) < 4.78 is 16.2. The lowest BCUT2D eigenvalue weighted by Gasteiger charge is -2.15. The minimum absolute atomic E-state index is 0. The summed E-state index contributed by atoms with van der Waals surface area (Å²) in [6, 6.07) is 13.0. The van der Waals surface area contributed by atoms with Crippen molar-refractivity contribution in [3.63, 3.8) is 0 Å². The third-order valence-corrected chi connectivity index (χ3v) is 3.69. The van der Waals surface area contributed by atoms with E-state index >= 15 is 0 Å². The lowest BCUT2D eigenvalue weighted by molar-refractivity contribution is -0.119. The molecular formula is C20H27IN4O4. The summed E-state index contributed by atoms with van der Waals surface area (Å²) in [6.07, 6.45) is 0. The minimum Gasteiger partial charge on any atom is -0.493 e. The van der Waals surface area contributed by atoms with Gasteiger partial charge in [0.2, 0.25) is 0 Å². The number of aliphatic imine (C=N–C) groups is 1. The van der Waals surface area contributed by atoms with Gasteiger partial charge in [-0.2, -0.15) is 0 Å². The fourth-order valence-electron chi connectivity index (χ4n) is 2.42. The molecule has 0 saturated heterocycles. The largest absolute Gasteiger partial charge is 0.493 e. The molecule has 0 saturated carbocycles. The molecule has 2 aromatic rings. The quantitative estimate of drug-likeness (QED) is 0.270. The van der Waals surface area contributed by atoms with Gasteiger partial charge in [0.1, 0.15) is 5.75 Å². The molecule has 0 fully saturated rings. The van der Waals surface area contributed by atoms with Crippen LogP contribution in [0.1, 0.15) is 12.5 Å². The number of hydrogen-bond donors (Lipinski definition) is 3. The van der Waals surface area contributed by atoms with Gasteiger partial charge in [-0.05, 0) is 36.8 Å². The number of nitrogens with zero attached hydrogens (tertiary/aromatic N) is 1. The van der Waals surface area contributed by atoms with E-state index in [1.54, 1.807) is 20.2 Å². The molecule has 158 valence electrons. The second kappa shape index (κ2) is 12.7. The predicted octanol–water partition coefficient (Wildman–Crippen LogP) is 2.76. The lowest BCUT2D eigenvalue weighted by atomic mass is 10.2. The molecule has 0 atom stereocenters. The molecule has 0 spiro atoms. The number of nitrogens with two attached hydrogens (primary N) is 1. The van der Waals surface area contributed by atoms with Gasteiger partial charge < -0.3 is 30.6 Å². The van der Waals surface area contributed by atoms with Crippen molar-refractivity contribution in [2.75, 3.05) is 32.7 Å². The fraction of sp³-hybridized carbons (Fsp3) is 0.300. The molecule has 0 aliphatic carbocycles. The first-order valence-corrected chi connectivity index (χ1v) is 8.84. The molecular weight excluding hydrogens is 487 g/mol. The third-order valence-electron chi connectivity index (χ3n) is 3.69. The van der Waals surface area contributed by atoms with E-state index in [-0.39, 0.29) is 30.6 Å². The average Bonchev–Trinajstić information content (AvgIpc) is 2.71. The number of benzene rings is 2. The molecule has 4 N–H and O–H groups in total. The van der Waals surface area contributed by atoms with Crippen LogP contribution in [-0.2, 0) is 11.3 Å². The minimum atomic E-state index is -0.515. The van der Waals surface area contributed by atoms with Crippen molar-refractivity contribution in [2.45, 2.75) is 13.5 Å². The second-order valence-corrected chi connectivity index (χ2v) is 5.75. The number of rotatable bonds is 9. The number of nitrogens with one attached hydrogen (secondary N) is 2. The van der Waals surface area contributed by atoms with Crippen LogP contribution in [0.2, 0.25) is 0 Å². The molecule has 0 unspecified atom stereocenters. The molecule has 9 heteroatoms. The van der Waals surface area contributed by atoms with Gasteiger partial charge in [0.25, 0.3) is 5.91 Å². The van der Waals surface area contributed by atoms with Crippen LogP contribution in [0.4, 0.5) is 5.69 Å². The zero-order chi connectivity index (χ0) is 20.4. The third kappa shape index (κ3) is 8.06. The first-order valence-electron chi connectivity index (χ1n) is 8.84. The molecule has 8 nitrogen and oxygen atoms in total. The maximum Gasteiger partial charge on any atom is 0.255 e. The van der Waals surface area contributed by atoms with Gasteiger partial charge in [0.15, 0.2) is 24.1 Å². The number of hydrogen-bond acceptors (Lipinski definition) is 5. The van der Waals surface area contributed by atoms with E-state index in [2.05, 4.69) is 15.6 Å². The number of anilines is 1. The molecule has 1 amide bonds. The van der Waals surface area contributed by atoms with Crippen LogP contribution in [0.3, 0.4) is 0 Å². The van der Waals surface area contributed by atoms with E-state index in [1.807, 2.05) is 43.3 Å². The van der Waals surface area contributed by atoms with Gasteiger partial charge in [-0.1, -0.05) is 12.1 Å². The first-order chi connectivity index (χ1) is 13.5. The summed E-state index contributed by atoms with van der Waals surface area (Å²) in [5.74, 6) is 1.98. The Morgan fingerprint density at radius 3 is 2.59 bits per heavy atom. The molecule has 2 aromatic carbocycles. The molecule has 29 heavy (non-hydrogen) atoms. The monoisotopic (exact) mass is 514 g/mol. The number of carbonyl (C=O) groups excluding carboxylic acids is 1. The van der Waals surface area contributed by atoms with E-state index in [4.69, 9.17) is 19.9 Å². The van der Waals surface area contributed by atoms with Crippen LogP contribution < -0.4 is 30.6 Å². The zero-order valence-electron chi connectivity index (χ0n) is 16.7. The number of amides is 1. The molecule has 0 aliphatic rings. The normalized spacial score (nSPS) is 10.5. The highest BCUT2D eigenvalue weighted by molar-refractivity contribution is 14.0. The van der Waals surface area contributed by atoms with E-state index in [1.165, 1.54) is 0 Å². The highest BCUT2D eigenvalue weighted by atomic mass is 127. The topological polar surface area (TPSA) is 107 Å². The van der Waals surface area contributed by atoms with Crippen LogP contribution in [0.25, 0.3) is 0 Å². The van der Waals surface area contributed by atoms with Gasteiger partial charge in [0, 0.05) is 25.3 Å². The number of carbonyl (C=O) groups is 1. The van der Waals surface area contributed by atoms with Gasteiger partial charge in [0.05, 0.1) is 13.7 Å². The SMILES string of the molecule is CCOc1ccc(NC(=NC)NCc2cccc(OCC(N)=O)c2)cc1OC.I. The maximum atomic E-state index is 10.8.